The van der Waals surface area contributed by atoms with E-state index in [1.165, 1.54) is 25.3 Å². The maximum absolute atomic E-state index is 12.6. The first-order chi connectivity index (χ1) is 11.0. The summed E-state index contributed by atoms with van der Waals surface area (Å²) in [7, 11) is -2.37. The summed E-state index contributed by atoms with van der Waals surface area (Å²) in [6, 6.07) is 4.18. The van der Waals surface area contributed by atoms with E-state index in [1.807, 2.05) is 0 Å². The van der Waals surface area contributed by atoms with Crippen molar-refractivity contribution in [1.29, 1.82) is 0 Å². The zero-order chi connectivity index (χ0) is 16.9. The highest BCUT2D eigenvalue weighted by Crippen LogP contribution is 2.27. The molecule has 1 aromatic rings. The Morgan fingerprint density at radius 1 is 1.30 bits per heavy atom. The molecule has 1 aliphatic carbocycles. The molecule has 0 saturated heterocycles. The molecule has 8 heteroatoms. The average molecular weight is 342 g/mol. The van der Waals surface area contributed by atoms with Crippen LogP contribution in [0.25, 0.3) is 0 Å². The number of carbonyl (C=O) groups is 1. The van der Waals surface area contributed by atoms with Crippen LogP contribution in [0.2, 0.25) is 0 Å². The SMILES string of the molecule is CCONC(=O)c1ccc(OC)c(S(=O)(=O)NC2CCCC2)c1. The van der Waals surface area contributed by atoms with Crippen molar-refractivity contribution in [2.75, 3.05) is 13.7 Å². The molecule has 128 valence electrons. The molecule has 1 aromatic carbocycles. The number of hydroxylamine groups is 1. The molecule has 1 saturated carbocycles. The van der Waals surface area contributed by atoms with Gasteiger partial charge in [-0.1, -0.05) is 12.8 Å². The van der Waals surface area contributed by atoms with Gasteiger partial charge in [0.2, 0.25) is 10.0 Å². The maximum atomic E-state index is 12.6. The van der Waals surface area contributed by atoms with Crippen LogP contribution in [0.3, 0.4) is 0 Å². The number of carbonyl (C=O) groups excluding carboxylic acids is 1. The molecule has 7 nitrogen and oxygen atoms in total. The molecule has 0 radical (unpaired) electrons. The van der Waals surface area contributed by atoms with Crippen LogP contribution in [0.5, 0.6) is 5.75 Å². The molecule has 1 amide bonds. The quantitative estimate of drug-likeness (QED) is 0.734. The number of ether oxygens (including phenoxy) is 1. The predicted molar refractivity (Wildman–Crippen MR) is 84.7 cm³/mol. The van der Waals surface area contributed by atoms with Gasteiger partial charge < -0.3 is 4.74 Å². The van der Waals surface area contributed by atoms with Crippen molar-refractivity contribution < 1.29 is 22.8 Å². The van der Waals surface area contributed by atoms with Gasteiger partial charge in [0.25, 0.3) is 5.91 Å². The van der Waals surface area contributed by atoms with E-state index in [9.17, 15) is 13.2 Å². The second-order valence-corrected chi connectivity index (χ2v) is 7.01. The molecule has 2 rings (SSSR count). The van der Waals surface area contributed by atoms with Crippen molar-refractivity contribution >= 4 is 15.9 Å². The Morgan fingerprint density at radius 3 is 2.61 bits per heavy atom. The number of hydrogen-bond acceptors (Lipinski definition) is 5. The van der Waals surface area contributed by atoms with Gasteiger partial charge in [-0.3, -0.25) is 9.63 Å². The lowest BCUT2D eigenvalue weighted by atomic mass is 10.2. The highest BCUT2D eigenvalue weighted by Gasteiger charge is 2.26. The fraction of sp³-hybridized carbons (Fsp3) is 0.533. The van der Waals surface area contributed by atoms with E-state index in [0.29, 0.717) is 6.61 Å². The van der Waals surface area contributed by atoms with Gasteiger partial charge in [0.15, 0.2) is 0 Å². The van der Waals surface area contributed by atoms with E-state index in [0.717, 1.165) is 25.7 Å². The summed E-state index contributed by atoms with van der Waals surface area (Å²) in [5.41, 5.74) is 2.43. The van der Waals surface area contributed by atoms with Crippen molar-refractivity contribution in [2.45, 2.75) is 43.5 Å². The van der Waals surface area contributed by atoms with Gasteiger partial charge in [0.05, 0.1) is 13.7 Å². The molecule has 2 N–H and O–H groups in total. The van der Waals surface area contributed by atoms with Gasteiger partial charge in [-0.15, -0.1) is 0 Å². The number of sulfonamides is 1. The molecule has 0 aliphatic heterocycles. The molecule has 0 spiro atoms. The Morgan fingerprint density at radius 2 is 2.00 bits per heavy atom. The molecule has 0 bridgehead atoms. The van der Waals surface area contributed by atoms with E-state index in [2.05, 4.69) is 10.2 Å². The fourth-order valence-corrected chi connectivity index (χ4v) is 4.05. The first-order valence-electron chi connectivity index (χ1n) is 7.60. The van der Waals surface area contributed by atoms with Crippen LogP contribution in [0.4, 0.5) is 0 Å². The Hall–Kier alpha value is -1.64. The van der Waals surface area contributed by atoms with E-state index in [1.54, 1.807) is 6.92 Å². The van der Waals surface area contributed by atoms with Crippen molar-refractivity contribution in [2.24, 2.45) is 0 Å². The van der Waals surface area contributed by atoms with Crippen molar-refractivity contribution in [3.8, 4) is 5.75 Å². The van der Waals surface area contributed by atoms with Crippen LogP contribution in [-0.2, 0) is 14.9 Å². The third kappa shape index (κ3) is 4.43. The maximum Gasteiger partial charge on any atom is 0.274 e. The number of hydrogen-bond donors (Lipinski definition) is 2. The van der Waals surface area contributed by atoms with Crippen LogP contribution in [0.1, 0.15) is 43.0 Å². The third-order valence-electron chi connectivity index (χ3n) is 3.70. The molecule has 0 heterocycles. The number of nitrogens with one attached hydrogen (secondary N) is 2. The summed E-state index contributed by atoms with van der Waals surface area (Å²) < 4.78 is 33.0. The van der Waals surface area contributed by atoms with Gasteiger partial charge in [-0.2, -0.15) is 0 Å². The number of benzene rings is 1. The zero-order valence-corrected chi connectivity index (χ0v) is 14.1. The molecule has 1 fully saturated rings. The molecule has 1 aliphatic rings. The minimum atomic E-state index is -3.76. The van der Waals surface area contributed by atoms with E-state index in [4.69, 9.17) is 9.57 Å². The number of methoxy groups -OCH3 is 1. The molecular weight excluding hydrogens is 320 g/mol. The van der Waals surface area contributed by atoms with Crippen LogP contribution in [0.15, 0.2) is 23.1 Å². The molecule has 23 heavy (non-hydrogen) atoms. The van der Waals surface area contributed by atoms with E-state index >= 15 is 0 Å². The van der Waals surface area contributed by atoms with E-state index < -0.39 is 15.9 Å². The van der Waals surface area contributed by atoms with Gasteiger partial charge in [-0.05, 0) is 38.0 Å². The Kier molecular flexibility index (Phi) is 5.97. The Labute approximate surface area is 136 Å². The summed E-state index contributed by atoms with van der Waals surface area (Å²) in [4.78, 5) is 16.7. The molecule has 0 aromatic heterocycles. The summed E-state index contributed by atoms with van der Waals surface area (Å²) in [5, 5.41) is 0. The van der Waals surface area contributed by atoms with Crippen molar-refractivity contribution in [1.82, 2.24) is 10.2 Å². The van der Waals surface area contributed by atoms with Gasteiger partial charge >= 0.3 is 0 Å². The van der Waals surface area contributed by atoms with Gasteiger partial charge in [-0.25, -0.2) is 18.6 Å². The van der Waals surface area contributed by atoms with E-state index in [-0.39, 0.29) is 22.3 Å². The minimum absolute atomic E-state index is 0.0453. The lowest BCUT2D eigenvalue weighted by Crippen LogP contribution is -2.33. The zero-order valence-electron chi connectivity index (χ0n) is 13.3. The van der Waals surface area contributed by atoms with Gasteiger partial charge in [0, 0.05) is 11.6 Å². The predicted octanol–water partition coefficient (Wildman–Crippen LogP) is 1.60. The monoisotopic (exact) mass is 342 g/mol. The van der Waals surface area contributed by atoms with Gasteiger partial charge in [0.1, 0.15) is 10.6 Å². The lowest BCUT2D eigenvalue weighted by molar-refractivity contribution is 0.0364. The lowest BCUT2D eigenvalue weighted by Gasteiger charge is -2.15. The second-order valence-electron chi connectivity index (χ2n) is 5.33. The van der Waals surface area contributed by atoms with Crippen molar-refractivity contribution in [3.63, 3.8) is 0 Å². The standard InChI is InChI=1S/C15H22N2O5S/c1-3-22-16-15(18)11-8-9-13(21-2)14(10-11)23(19,20)17-12-6-4-5-7-12/h8-10,12,17H,3-7H2,1-2H3,(H,16,18). The minimum Gasteiger partial charge on any atom is -0.495 e. The second kappa shape index (κ2) is 7.76. The normalized spacial score (nSPS) is 15.6. The first kappa shape index (κ1) is 17.7. The number of amides is 1. The Bertz CT molecular complexity index is 654. The van der Waals surface area contributed by atoms with Crippen LogP contribution >= 0.6 is 0 Å². The Balaban J connectivity index is 2.28. The highest BCUT2D eigenvalue weighted by molar-refractivity contribution is 7.89. The largest absolute Gasteiger partial charge is 0.495 e. The summed E-state index contributed by atoms with van der Waals surface area (Å²) in [6.07, 6.45) is 3.68. The summed E-state index contributed by atoms with van der Waals surface area (Å²) in [5.74, 6) is -0.310. The molecule has 0 unspecified atom stereocenters. The molecule has 0 atom stereocenters. The topological polar surface area (TPSA) is 93.7 Å². The van der Waals surface area contributed by atoms with Crippen LogP contribution < -0.4 is 14.9 Å². The smallest absolute Gasteiger partial charge is 0.274 e. The average Bonchev–Trinajstić information content (AvgIpc) is 3.04. The molecular formula is C15H22N2O5S. The third-order valence-corrected chi connectivity index (χ3v) is 5.24. The highest BCUT2D eigenvalue weighted by atomic mass is 32.2. The first-order valence-corrected chi connectivity index (χ1v) is 9.08. The number of rotatable bonds is 7. The summed E-state index contributed by atoms with van der Waals surface area (Å²) >= 11 is 0. The van der Waals surface area contributed by atoms with Crippen molar-refractivity contribution in [3.05, 3.63) is 23.8 Å². The van der Waals surface area contributed by atoms with Crippen LogP contribution in [-0.4, -0.2) is 34.1 Å². The fourth-order valence-electron chi connectivity index (χ4n) is 2.55. The summed E-state index contributed by atoms with van der Waals surface area (Å²) in [6.45, 7) is 2.05. The van der Waals surface area contributed by atoms with Crippen LogP contribution in [0, 0.1) is 0 Å².